The average molecular weight is 503 g/mol. The van der Waals surface area contributed by atoms with E-state index >= 15 is 0 Å². The molecule has 0 saturated heterocycles. The van der Waals surface area contributed by atoms with Crippen molar-refractivity contribution in [1.29, 1.82) is 0 Å². The first-order valence-electron chi connectivity index (χ1n) is 6.18. The fourth-order valence-corrected chi connectivity index (χ4v) is 3.13. The summed E-state index contributed by atoms with van der Waals surface area (Å²) in [5.74, 6) is 0. The second kappa shape index (κ2) is 9.16. The molecule has 4 heteroatoms. The first-order valence-corrected chi connectivity index (χ1v) is 8.41. The number of hydrogen-bond acceptors (Lipinski definition) is 0. The predicted molar refractivity (Wildman–Crippen MR) is 97.9 cm³/mol. The van der Waals surface area contributed by atoms with Gasteiger partial charge in [-0.15, -0.1) is 67.0 Å². The van der Waals surface area contributed by atoms with Crippen LogP contribution in [0.15, 0.2) is 60.7 Å². The molecule has 0 unspecified atom stereocenters. The van der Waals surface area contributed by atoms with E-state index in [9.17, 15) is 0 Å². The van der Waals surface area contributed by atoms with Gasteiger partial charge in [0.05, 0.1) is 0 Å². The molecule has 0 nitrogen and oxygen atoms in total. The molecule has 0 atom stereocenters. The molecule has 0 saturated carbocycles. The minimum Gasteiger partial charge on any atom is -0.160 e. The van der Waals surface area contributed by atoms with Gasteiger partial charge in [0.15, 0.2) is 0 Å². The molecular formula is C17H18Cl2HfP-. The molecule has 0 heterocycles. The van der Waals surface area contributed by atoms with Gasteiger partial charge in [-0.25, -0.2) is 0 Å². The molecule has 0 amide bonds. The minimum absolute atomic E-state index is 0. The van der Waals surface area contributed by atoms with Crippen molar-refractivity contribution in [3.63, 3.8) is 0 Å². The monoisotopic (exact) mass is 503 g/mol. The van der Waals surface area contributed by atoms with Gasteiger partial charge in [-0.2, -0.15) is 6.07 Å². The maximum Gasteiger partial charge on any atom is 0 e. The van der Waals surface area contributed by atoms with Crippen LogP contribution < -0.4 is 5.30 Å². The molecule has 21 heavy (non-hydrogen) atoms. The van der Waals surface area contributed by atoms with Gasteiger partial charge in [0, 0.05) is 25.8 Å². The Morgan fingerprint density at radius 3 is 2.14 bits per heavy atom. The fourth-order valence-electron chi connectivity index (χ4n) is 2.35. The normalized spacial score (nSPS) is 9.67. The molecule has 110 valence electrons. The summed E-state index contributed by atoms with van der Waals surface area (Å²) in [6.45, 7) is 4.62. The van der Waals surface area contributed by atoms with Crippen LogP contribution in [-0.4, -0.2) is 13.3 Å². The Labute approximate surface area is 159 Å². The van der Waals surface area contributed by atoms with E-state index in [-0.39, 0.29) is 58.6 Å². The summed E-state index contributed by atoms with van der Waals surface area (Å²) in [5, 5.41) is 4.24. The summed E-state index contributed by atoms with van der Waals surface area (Å²) in [6.07, 6.45) is 0. The number of hydrogen-bond donors (Lipinski definition) is 0. The molecule has 0 radical (unpaired) electrons. The van der Waals surface area contributed by atoms with Gasteiger partial charge in [0.25, 0.3) is 0 Å². The van der Waals surface area contributed by atoms with Gasteiger partial charge in [-0.1, -0.05) is 42.0 Å². The van der Waals surface area contributed by atoms with Crippen molar-refractivity contribution in [1.82, 2.24) is 0 Å². The smallest absolute Gasteiger partial charge is 0 e. The summed E-state index contributed by atoms with van der Waals surface area (Å²) in [5.41, 5.74) is 2.65. The maximum absolute atomic E-state index is 2.36. The van der Waals surface area contributed by atoms with Crippen molar-refractivity contribution in [3.8, 4) is 11.1 Å². The zero-order valence-corrected chi connectivity index (χ0v) is 18.2. The third-order valence-corrected chi connectivity index (χ3v) is 4.63. The molecular weight excluding hydrogens is 485 g/mol. The Morgan fingerprint density at radius 2 is 1.52 bits per heavy atom. The zero-order valence-electron chi connectivity index (χ0n) is 12.0. The molecule has 0 aromatic heterocycles. The van der Waals surface area contributed by atoms with Crippen molar-refractivity contribution in [2.45, 2.75) is 0 Å². The third kappa shape index (κ3) is 4.45. The first kappa shape index (κ1) is 20.9. The molecule has 0 bridgehead atoms. The minimum atomic E-state index is -0.0237. The molecule has 3 rings (SSSR count). The summed E-state index contributed by atoms with van der Waals surface area (Å²) in [7, 11) is -0.0237. The first-order chi connectivity index (χ1) is 8.75. The fraction of sp³-hybridized carbons (Fsp3) is 0.118. The van der Waals surface area contributed by atoms with Crippen LogP contribution in [0.4, 0.5) is 0 Å². The largest absolute Gasteiger partial charge is 0.160 e. The van der Waals surface area contributed by atoms with Crippen LogP contribution in [0.5, 0.6) is 0 Å². The predicted octanol–water partition coefficient (Wildman–Crippen LogP) is 5.43. The van der Waals surface area contributed by atoms with E-state index in [1.165, 1.54) is 27.2 Å². The van der Waals surface area contributed by atoms with Crippen molar-refractivity contribution >= 4 is 48.8 Å². The van der Waals surface area contributed by atoms with E-state index in [1.807, 2.05) is 0 Å². The molecule has 0 aliphatic heterocycles. The number of fused-ring (bicyclic) bond motifs is 1. The van der Waals surface area contributed by atoms with E-state index in [0.717, 1.165) is 0 Å². The van der Waals surface area contributed by atoms with E-state index < -0.39 is 0 Å². The molecule has 0 fully saturated rings. The van der Waals surface area contributed by atoms with Crippen molar-refractivity contribution < 1.29 is 25.8 Å². The van der Waals surface area contributed by atoms with E-state index in [0.29, 0.717) is 0 Å². The van der Waals surface area contributed by atoms with E-state index in [4.69, 9.17) is 0 Å². The van der Waals surface area contributed by atoms with E-state index in [2.05, 4.69) is 74.0 Å². The van der Waals surface area contributed by atoms with Crippen molar-refractivity contribution in [2.24, 2.45) is 0 Å². The van der Waals surface area contributed by atoms with Crippen molar-refractivity contribution in [2.75, 3.05) is 13.3 Å². The number of rotatable bonds is 2. The molecule has 3 aromatic rings. The Bertz CT molecular complexity index is 678. The Balaban J connectivity index is 0.00000133. The quantitative estimate of drug-likeness (QED) is 0.249. The SMILES string of the molecule is CP(C)c1cc2c(-c3ccccc3)cccc2[cH-]1.Cl.Cl.[Hf]. The van der Waals surface area contributed by atoms with Crippen LogP contribution in [0.1, 0.15) is 0 Å². The van der Waals surface area contributed by atoms with Crippen LogP contribution in [-0.2, 0) is 25.8 Å². The maximum atomic E-state index is 2.36. The standard InChI is InChI=1S/C17H16P.2ClH.Hf/c1-18(2)15-11-14-9-6-10-16(17(14)12-15)13-7-4-3-5-8-13;;;/h3-12H,1-2H3;2*1H;/q-1;;;. The van der Waals surface area contributed by atoms with Gasteiger partial charge in [0.1, 0.15) is 0 Å². The van der Waals surface area contributed by atoms with Gasteiger partial charge in [-0.05, 0) is 18.9 Å². The average Bonchev–Trinajstić information content (AvgIpc) is 2.83. The van der Waals surface area contributed by atoms with Crippen LogP contribution in [0, 0.1) is 0 Å². The Hall–Kier alpha value is -0.0699. The van der Waals surface area contributed by atoms with Gasteiger partial charge in [-0.3, -0.25) is 0 Å². The molecule has 3 aromatic carbocycles. The van der Waals surface area contributed by atoms with Crippen LogP contribution in [0.25, 0.3) is 21.9 Å². The second-order valence-corrected chi connectivity index (χ2v) is 7.09. The molecule has 0 aliphatic carbocycles. The number of halogens is 2. The molecule has 0 spiro atoms. The van der Waals surface area contributed by atoms with Gasteiger partial charge in [0.2, 0.25) is 0 Å². The summed E-state index contributed by atoms with van der Waals surface area (Å²) >= 11 is 0. The van der Waals surface area contributed by atoms with E-state index in [1.54, 1.807) is 0 Å². The summed E-state index contributed by atoms with van der Waals surface area (Å²) in [6, 6.07) is 21.9. The van der Waals surface area contributed by atoms with Gasteiger partial charge < -0.3 is 0 Å². The summed E-state index contributed by atoms with van der Waals surface area (Å²) in [4.78, 5) is 0. The van der Waals surface area contributed by atoms with Crippen molar-refractivity contribution in [3.05, 3.63) is 60.7 Å². The Morgan fingerprint density at radius 1 is 0.857 bits per heavy atom. The topological polar surface area (TPSA) is 0 Å². The third-order valence-electron chi connectivity index (χ3n) is 3.34. The summed E-state index contributed by atoms with van der Waals surface area (Å²) < 4.78 is 0. The van der Waals surface area contributed by atoms with Gasteiger partial charge >= 0.3 is 0 Å². The zero-order chi connectivity index (χ0) is 12.5. The van der Waals surface area contributed by atoms with Crippen LogP contribution in [0.2, 0.25) is 0 Å². The molecule has 0 N–H and O–H groups in total. The van der Waals surface area contributed by atoms with Crippen LogP contribution >= 0.6 is 32.7 Å². The molecule has 0 aliphatic rings. The second-order valence-electron chi connectivity index (χ2n) is 4.78. The van der Waals surface area contributed by atoms with Crippen LogP contribution in [0.3, 0.4) is 0 Å². The Kier molecular flexibility index (Phi) is 9.12. The number of benzene rings is 2.